The quantitative estimate of drug-likeness (QED) is 0.551. The Labute approximate surface area is 161 Å². The summed E-state index contributed by atoms with van der Waals surface area (Å²) in [6.07, 6.45) is 5.35. The topological polar surface area (TPSA) is 110 Å². The van der Waals surface area contributed by atoms with Crippen LogP contribution in [0.15, 0.2) is 24.3 Å². The summed E-state index contributed by atoms with van der Waals surface area (Å²) in [5, 5.41) is 11.1. The van der Waals surface area contributed by atoms with Gasteiger partial charge in [0, 0.05) is 12.5 Å². The van der Waals surface area contributed by atoms with Gasteiger partial charge in [-0.1, -0.05) is 31.4 Å². The van der Waals surface area contributed by atoms with Gasteiger partial charge in [-0.2, -0.15) is 0 Å². The lowest BCUT2D eigenvalue weighted by atomic mass is 9.72. The Hall–Kier alpha value is -0.660. The molecule has 0 saturated heterocycles. The summed E-state index contributed by atoms with van der Waals surface area (Å²) in [6.45, 7) is 0.878. The third kappa shape index (κ3) is 9.33. The van der Waals surface area contributed by atoms with E-state index in [9.17, 15) is 5.11 Å². The lowest BCUT2D eigenvalue weighted by Crippen LogP contribution is -2.42. The van der Waals surface area contributed by atoms with Gasteiger partial charge in [0.1, 0.15) is 5.75 Å². The van der Waals surface area contributed by atoms with Gasteiger partial charge in [0.25, 0.3) is 0 Å². The largest absolute Gasteiger partial charge is 0.497 e. The van der Waals surface area contributed by atoms with Crippen LogP contribution < -0.4 is 4.74 Å². The molecule has 1 atom stereocenters. The number of ether oxygens (including phenoxy) is 1. The molecule has 0 bridgehead atoms. The van der Waals surface area contributed by atoms with Gasteiger partial charge in [0.15, 0.2) is 0 Å². The first-order valence-electron chi connectivity index (χ1n) is 8.34. The van der Waals surface area contributed by atoms with E-state index in [1.54, 1.807) is 7.11 Å². The molecule has 1 saturated carbocycles. The Morgan fingerprint density at radius 1 is 1.12 bits per heavy atom. The number of nitrogens with zero attached hydrogens (tertiary/aromatic N) is 1. The zero-order valence-electron chi connectivity index (χ0n) is 15.5. The number of methoxy groups -OCH3 is 1. The van der Waals surface area contributed by atoms with E-state index in [0.29, 0.717) is 0 Å². The first-order chi connectivity index (χ1) is 11.5. The van der Waals surface area contributed by atoms with Crippen LogP contribution in [0.2, 0.25) is 0 Å². The molecule has 1 aromatic rings. The smallest absolute Gasteiger partial charge is 0.466 e. The van der Waals surface area contributed by atoms with Crippen LogP contribution in [-0.4, -0.2) is 58.0 Å². The first-order valence-corrected chi connectivity index (χ1v) is 9.91. The van der Waals surface area contributed by atoms with Crippen LogP contribution in [-0.2, 0) is 4.57 Å². The van der Waals surface area contributed by atoms with Gasteiger partial charge in [-0.15, -0.1) is 12.4 Å². The molecule has 4 N–H and O–H groups in total. The average Bonchev–Trinajstić information content (AvgIpc) is 2.52. The minimum atomic E-state index is -4.64. The van der Waals surface area contributed by atoms with E-state index < -0.39 is 13.4 Å². The minimum absolute atomic E-state index is 0. The summed E-state index contributed by atoms with van der Waals surface area (Å²) >= 11 is 0. The number of rotatable bonds is 5. The molecular formula is C17H31ClNO6P. The molecule has 1 fully saturated rings. The second-order valence-electron chi connectivity index (χ2n) is 6.77. The van der Waals surface area contributed by atoms with Gasteiger partial charge in [0.05, 0.1) is 12.7 Å². The van der Waals surface area contributed by atoms with Crippen molar-refractivity contribution in [2.45, 2.75) is 43.6 Å². The first kappa shape index (κ1) is 25.3. The summed E-state index contributed by atoms with van der Waals surface area (Å²) < 4.78 is 14.1. The van der Waals surface area contributed by atoms with Crippen LogP contribution in [0, 0.1) is 0 Å². The summed E-state index contributed by atoms with van der Waals surface area (Å²) in [7, 11) is 1.19. The zero-order chi connectivity index (χ0) is 19.1. The molecule has 0 aliphatic heterocycles. The van der Waals surface area contributed by atoms with Crippen molar-refractivity contribution in [2.75, 3.05) is 27.7 Å². The monoisotopic (exact) mass is 411 g/mol. The van der Waals surface area contributed by atoms with E-state index in [-0.39, 0.29) is 18.3 Å². The molecule has 152 valence electrons. The standard InChI is InChI=1S/C17H27NO2.ClH.H3O4P/c1-18(2)13-16(17(19)11-5-4-6-12-17)14-7-9-15(20-3)10-8-14;;1-5(2,3)4/h7-10,16,19H,4-6,11-13H2,1-3H3;1H;(H3,1,2,3,4). The molecule has 7 nitrogen and oxygen atoms in total. The van der Waals surface area contributed by atoms with Crippen LogP contribution in [0.1, 0.15) is 43.6 Å². The van der Waals surface area contributed by atoms with Crippen molar-refractivity contribution in [1.82, 2.24) is 4.90 Å². The summed E-state index contributed by atoms with van der Waals surface area (Å²) in [5.74, 6) is 1.04. The van der Waals surface area contributed by atoms with E-state index in [1.165, 1.54) is 12.0 Å². The zero-order valence-corrected chi connectivity index (χ0v) is 17.2. The Morgan fingerprint density at radius 3 is 1.96 bits per heavy atom. The van der Waals surface area contributed by atoms with Crippen LogP contribution in [0.5, 0.6) is 5.75 Å². The molecule has 1 aliphatic rings. The van der Waals surface area contributed by atoms with Crippen molar-refractivity contribution < 1.29 is 29.1 Å². The number of aliphatic hydroxyl groups is 1. The molecular weight excluding hydrogens is 381 g/mol. The number of phosphoric acid groups is 1. The highest BCUT2D eigenvalue weighted by atomic mass is 35.5. The molecule has 9 heteroatoms. The Kier molecular flexibility index (Phi) is 11.0. The molecule has 0 aromatic heterocycles. The molecule has 0 radical (unpaired) electrons. The molecule has 0 heterocycles. The van der Waals surface area contributed by atoms with E-state index >= 15 is 0 Å². The van der Waals surface area contributed by atoms with Crippen LogP contribution in [0.4, 0.5) is 0 Å². The number of likely N-dealkylation sites (N-methyl/N-ethyl adjacent to an activating group) is 1. The van der Waals surface area contributed by atoms with Crippen molar-refractivity contribution >= 4 is 20.2 Å². The van der Waals surface area contributed by atoms with Gasteiger partial charge in [-0.05, 0) is 44.6 Å². The van der Waals surface area contributed by atoms with Crippen molar-refractivity contribution in [3.05, 3.63) is 29.8 Å². The number of halogens is 1. The molecule has 1 unspecified atom stereocenters. The fourth-order valence-electron chi connectivity index (χ4n) is 3.30. The fraction of sp³-hybridized carbons (Fsp3) is 0.647. The Morgan fingerprint density at radius 2 is 1.58 bits per heavy atom. The Bertz CT molecular complexity index is 549. The Balaban J connectivity index is 0.000000923. The van der Waals surface area contributed by atoms with Crippen molar-refractivity contribution in [3.8, 4) is 5.75 Å². The number of hydrogen-bond donors (Lipinski definition) is 4. The third-order valence-electron chi connectivity index (χ3n) is 4.43. The maximum absolute atomic E-state index is 11.1. The van der Waals surface area contributed by atoms with Gasteiger partial charge < -0.3 is 29.4 Å². The normalized spacial score (nSPS) is 17.5. The van der Waals surface area contributed by atoms with Gasteiger partial charge >= 0.3 is 7.82 Å². The molecule has 0 spiro atoms. The number of hydrogen-bond acceptors (Lipinski definition) is 4. The lowest BCUT2D eigenvalue weighted by molar-refractivity contribution is -0.0277. The van der Waals surface area contributed by atoms with Gasteiger partial charge in [-0.25, -0.2) is 4.57 Å². The van der Waals surface area contributed by atoms with Gasteiger partial charge in [-0.3, -0.25) is 0 Å². The predicted octanol–water partition coefficient (Wildman–Crippen LogP) is 2.53. The van der Waals surface area contributed by atoms with Crippen LogP contribution in [0.25, 0.3) is 0 Å². The van der Waals surface area contributed by atoms with Crippen molar-refractivity contribution in [3.63, 3.8) is 0 Å². The van der Waals surface area contributed by atoms with Crippen molar-refractivity contribution in [2.24, 2.45) is 0 Å². The second-order valence-corrected chi connectivity index (χ2v) is 7.79. The predicted molar refractivity (Wildman–Crippen MR) is 104 cm³/mol. The highest BCUT2D eigenvalue weighted by Gasteiger charge is 2.38. The lowest BCUT2D eigenvalue weighted by Gasteiger charge is -2.40. The van der Waals surface area contributed by atoms with Crippen LogP contribution >= 0.6 is 20.2 Å². The molecule has 1 aromatic carbocycles. The summed E-state index contributed by atoms with van der Waals surface area (Å²) in [5.41, 5.74) is 0.654. The highest BCUT2D eigenvalue weighted by Crippen LogP contribution is 2.40. The molecule has 0 amide bonds. The van der Waals surface area contributed by atoms with Crippen LogP contribution in [0.3, 0.4) is 0 Å². The van der Waals surface area contributed by atoms with E-state index in [4.69, 9.17) is 24.0 Å². The molecule has 1 aliphatic carbocycles. The van der Waals surface area contributed by atoms with Gasteiger partial charge in [0.2, 0.25) is 0 Å². The highest BCUT2D eigenvalue weighted by molar-refractivity contribution is 7.45. The van der Waals surface area contributed by atoms with E-state index in [2.05, 4.69) is 31.1 Å². The van der Waals surface area contributed by atoms with E-state index in [0.717, 1.165) is 38.0 Å². The maximum Gasteiger partial charge on any atom is 0.466 e. The summed E-state index contributed by atoms with van der Waals surface area (Å²) in [6, 6.07) is 8.17. The molecule has 26 heavy (non-hydrogen) atoms. The van der Waals surface area contributed by atoms with Crippen molar-refractivity contribution in [1.29, 1.82) is 0 Å². The SMILES string of the molecule is COc1ccc(C(CN(C)C)C2(O)CCCCC2)cc1.Cl.O=P(O)(O)O. The summed E-state index contributed by atoms with van der Waals surface area (Å²) in [4.78, 5) is 23.7. The fourth-order valence-corrected chi connectivity index (χ4v) is 3.30. The van der Waals surface area contributed by atoms with E-state index in [1.807, 2.05) is 12.1 Å². The minimum Gasteiger partial charge on any atom is -0.497 e. The second kappa shape index (κ2) is 11.2. The average molecular weight is 412 g/mol. The third-order valence-corrected chi connectivity index (χ3v) is 4.43. The number of benzene rings is 1. The molecule has 2 rings (SSSR count). The maximum atomic E-state index is 11.1.